The maximum atomic E-state index is 11.9. The Hall–Kier alpha value is -3.02. The first kappa shape index (κ1) is 14.9. The Morgan fingerprint density at radius 1 is 1.13 bits per heavy atom. The Balaban J connectivity index is 1.61. The standard InChI is InChI=1S/C17H16N2O4/c1-19-11-18-15-9-14(6-7-16(15)19)23-17(20)10-22-13-5-3-4-12(8-13)21-2/h3-9,11H,10H2,1-2H3. The normalized spacial score (nSPS) is 10.5. The number of rotatable bonds is 5. The molecule has 1 heterocycles. The first-order chi connectivity index (χ1) is 11.2. The molecule has 6 nitrogen and oxygen atoms in total. The molecule has 3 aromatic rings. The van der Waals surface area contributed by atoms with Crippen molar-refractivity contribution in [3.8, 4) is 17.2 Å². The third kappa shape index (κ3) is 3.42. The molecule has 118 valence electrons. The summed E-state index contributed by atoms with van der Waals surface area (Å²) < 4.78 is 17.7. The van der Waals surface area contributed by atoms with Gasteiger partial charge in [-0.05, 0) is 24.3 Å². The predicted octanol–water partition coefficient (Wildman–Crippen LogP) is 2.57. The Kier molecular flexibility index (Phi) is 4.14. The smallest absolute Gasteiger partial charge is 0.349 e. The van der Waals surface area contributed by atoms with Crippen LogP contribution in [0, 0.1) is 0 Å². The zero-order valence-electron chi connectivity index (χ0n) is 12.9. The van der Waals surface area contributed by atoms with Crippen molar-refractivity contribution in [2.45, 2.75) is 0 Å². The van der Waals surface area contributed by atoms with Crippen LogP contribution in [0.4, 0.5) is 0 Å². The molecule has 0 aliphatic carbocycles. The van der Waals surface area contributed by atoms with Crippen molar-refractivity contribution in [2.24, 2.45) is 7.05 Å². The van der Waals surface area contributed by atoms with E-state index in [1.54, 1.807) is 49.8 Å². The number of benzene rings is 2. The van der Waals surface area contributed by atoms with Crippen LogP contribution in [0.25, 0.3) is 11.0 Å². The van der Waals surface area contributed by atoms with Crippen LogP contribution in [0.15, 0.2) is 48.8 Å². The summed E-state index contributed by atoms with van der Waals surface area (Å²) in [5, 5.41) is 0. The fourth-order valence-electron chi connectivity index (χ4n) is 2.17. The first-order valence-corrected chi connectivity index (χ1v) is 7.04. The number of nitrogens with zero attached hydrogens (tertiary/aromatic N) is 2. The lowest BCUT2D eigenvalue weighted by Gasteiger charge is -2.08. The Bertz CT molecular complexity index is 841. The number of fused-ring (bicyclic) bond motifs is 1. The van der Waals surface area contributed by atoms with Crippen molar-refractivity contribution in [1.82, 2.24) is 9.55 Å². The second-order valence-corrected chi connectivity index (χ2v) is 4.95. The molecule has 0 unspecified atom stereocenters. The minimum atomic E-state index is -0.483. The van der Waals surface area contributed by atoms with E-state index in [1.165, 1.54) is 0 Å². The molecule has 23 heavy (non-hydrogen) atoms. The molecule has 0 amide bonds. The van der Waals surface area contributed by atoms with Gasteiger partial charge in [-0.1, -0.05) is 6.07 Å². The number of carbonyl (C=O) groups is 1. The number of ether oxygens (including phenoxy) is 3. The van der Waals surface area contributed by atoms with Gasteiger partial charge < -0.3 is 18.8 Å². The molecule has 0 aliphatic rings. The van der Waals surface area contributed by atoms with Gasteiger partial charge >= 0.3 is 5.97 Å². The third-order valence-corrected chi connectivity index (χ3v) is 3.33. The molecule has 0 saturated carbocycles. The molecule has 0 fully saturated rings. The van der Waals surface area contributed by atoms with E-state index in [1.807, 2.05) is 17.7 Å². The van der Waals surface area contributed by atoms with Crippen LogP contribution in [0.5, 0.6) is 17.2 Å². The van der Waals surface area contributed by atoms with Gasteiger partial charge in [0.2, 0.25) is 0 Å². The molecule has 0 N–H and O–H groups in total. The van der Waals surface area contributed by atoms with Crippen LogP contribution in [0.1, 0.15) is 0 Å². The Labute approximate surface area is 133 Å². The molecule has 2 aromatic carbocycles. The first-order valence-electron chi connectivity index (χ1n) is 7.04. The Morgan fingerprint density at radius 2 is 1.96 bits per heavy atom. The monoisotopic (exact) mass is 312 g/mol. The number of hydrogen-bond acceptors (Lipinski definition) is 5. The van der Waals surface area contributed by atoms with Crippen LogP contribution in [-0.2, 0) is 11.8 Å². The van der Waals surface area contributed by atoms with E-state index >= 15 is 0 Å². The molecule has 0 saturated heterocycles. The van der Waals surface area contributed by atoms with Gasteiger partial charge in [0, 0.05) is 19.2 Å². The molecule has 6 heteroatoms. The molecule has 0 radical (unpaired) electrons. The van der Waals surface area contributed by atoms with E-state index in [2.05, 4.69) is 4.98 Å². The van der Waals surface area contributed by atoms with Crippen LogP contribution in [0.3, 0.4) is 0 Å². The molecule has 0 aliphatic heterocycles. The van der Waals surface area contributed by atoms with Crippen molar-refractivity contribution in [1.29, 1.82) is 0 Å². The summed E-state index contributed by atoms with van der Waals surface area (Å²) in [7, 11) is 3.48. The lowest BCUT2D eigenvalue weighted by Crippen LogP contribution is -2.17. The lowest BCUT2D eigenvalue weighted by atomic mass is 10.3. The summed E-state index contributed by atoms with van der Waals surface area (Å²) in [6.45, 7) is -0.187. The maximum Gasteiger partial charge on any atom is 0.349 e. The summed E-state index contributed by atoms with van der Waals surface area (Å²) in [6.07, 6.45) is 1.71. The second-order valence-electron chi connectivity index (χ2n) is 4.95. The quantitative estimate of drug-likeness (QED) is 0.535. The molecule has 1 aromatic heterocycles. The van der Waals surface area contributed by atoms with Crippen molar-refractivity contribution >= 4 is 17.0 Å². The van der Waals surface area contributed by atoms with Gasteiger partial charge in [0.15, 0.2) is 6.61 Å². The average Bonchev–Trinajstić information content (AvgIpc) is 2.94. The minimum absolute atomic E-state index is 0.187. The second kappa shape index (κ2) is 6.39. The van der Waals surface area contributed by atoms with E-state index in [9.17, 15) is 4.79 Å². The minimum Gasteiger partial charge on any atom is -0.497 e. The average molecular weight is 312 g/mol. The number of imidazole rings is 1. The fraction of sp³-hybridized carbons (Fsp3) is 0.176. The summed E-state index contributed by atoms with van der Waals surface area (Å²) >= 11 is 0. The maximum absolute atomic E-state index is 11.9. The summed E-state index contributed by atoms with van der Waals surface area (Å²) in [6, 6.07) is 12.3. The van der Waals surface area contributed by atoms with Gasteiger partial charge in [-0.2, -0.15) is 0 Å². The number of hydrogen-bond donors (Lipinski definition) is 0. The summed E-state index contributed by atoms with van der Waals surface area (Å²) in [5.74, 6) is 1.16. The molecule has 0 spiro atoms. The SMILES string of the molecule is COc1cccc(OCC(=O)Oc2ccc3c(c2)ncn3C)c1. The van der Waals surface area contributed by atoms with Crippen molar-refractivity contribution in [3.05, 3.63) is 48.8 Å². The molecule has 0 bridgehead atoms. The number of methoxy groups -OCH3 is 1. The van der Waals surface area contributed by atoms with Crippen molar-refractivity contribution in [3.63, 3.8) is 0 Å². The van der Waals surface area contributed by atoms with Crippen LogP contribution in [0.2, 0.25) is 0 Å². The van der Waals surface area contributed by atoms with E-state index in [0.29, 0.717) is 17.2 Å². The lowest BCUT2D eigenvalue weighted by molar-refractivity contribution is -0.136. The van der Waals surface area contributed by atoms with E-state index < -0.39 is 5.97 Å². The third-order valence-electron chi connectivity index (χ3n) is 3.33. The molecule has 3 rings (SSSR count). The van der Waals surface area contributed by atoms with Gasteiger partial charge in [-0.25, -0.2) is 9.78 Å². The fourth-order valence-corrected chi connectivity index (χ4v) is 2.17. The summed E-state index contributed by atoms with van der Waals surface area (Å²) in [4.78, 5) is 16.1. The molecule has 0 atom stereocenters. The number of aryl methyl sites for hydroxylation is 1. The highest BCUT2D eigenvalue weighted by molar-refractivity contribution is 5.79. The van der Waals surface area contributed by atoms with Gasteiger partial charge in [0.1, 0.15) is 17.2 Å². The highest BCUT2D eigenvalue weighted by atomic mass is 16.6. The topological polar surface area (TPSA) is 62.6 Å². The van der Waals surface area contributed by atoms with Crippen LogP contribution in [-0.4, -0.2) is 29.2 Å². The van der Waals surface area contributed by atoms with Crippen LogP contribution >= 0.6 is 0 Å². The zero-order valence-corrected chi connectivity index (χ0v) is 12.9. The van der Waals surface area contributed by atoms with Gasteiger partial charge in [-0.15, -0.1) is 0 Å². The predicted molar refractivity (Wildman–Crippen MR) is 84.8 cm³/mol. The largest absolute Gasteiger partial charge is 0.497 e. The van der Waals surface area contributed by atoms with Gasteiger partial charge in [0.05, 0.1) is 24.5 Å². The van der Waals surface area contributed by atoms with Gasteiger partial charge in [-0.3, -0.25) is 0 Å². The summed E-state index contributed by atoms with van der Waals surface area (Å²) in [5.41, 5.74) is 1.74. The highest BCUT2D eigenvalue weighted by Crippen LogP contribution is 2.20. The van der Waals surface area contributed by atoms with Crippen molar-refractivity contribution < 1.29 is 19.0 Å². The molecular formula is C17H16N2O4. The van der Waals surface area contributed by atoms with E-state index in [0.717, 1.165) is 11.0 Å². The highest BCUT2D eigenvalue weighted by Gasteiger charge is 2.08. The van der Waals surface area contributed by atoms with Crippen LogP contribution < -0.4 is 14.2 Å². The van der Waals surface area contributed by atoms with Gasteiger partial charge in [0.25, 0.3) is 0 Å². The number of aromatic nitrogens is 2. The van der Waals surface area contributed by atoms with E-state index in [4.69, 9.17) is 14.2 Å². The van der Waals surface area contributed by atoms with E-state index in [-0.39, 0.29) is 6.61 Å². The zero-order chi connectivity index (χ0) is 16.2. The molecular weight excluding hydrogens is 296 g/mol. The van der Waals surface area contributed by atoms with Crippen molar-refractivity contribution in [2.75, 3.05) is 13.7 Å². The Morgan fingerprint density at radius 3 is 2.78 bits per heavy atom. The number of esters is 1. The number of carbonyl (C=O) groups excluding carboxylic acids is 1.